The highest BCUT2D eigenvalue weighted by Crippen LogP contribution is 2.16. The van der Waals surface area contributed by atoms with E-state index in [1.54, 1.807) is 0 Å². The highest BCUT2D eigenvalue weighted by molar-refractivity contribution is 5.46. The highest BCUT2D eigenvalue weighted by atomic mass is 14.9. The summed E-state index contributed by atoms with van der Waals surface area (Å²) in [5, 5.41) is 3.57. The van der Waals surface area contributed by atoms with Crippen LogP contribution in [0, 0.1) is 0 Å². The van der Waals surface area contributed by atoms with Gasteiger partial charge in [0.15, 0.2) is 0 Å². The molecule has 2 nitrogen and oxygen atoms in total. The van der Waals surface area contributed by atoms with Crippen molar-refractivity contribution < 1.29 is 0 Å². The van der Waals surface area contributed by atoms with Crippen LogP contribution in [-0.2, 0) is 0 Å². The van der Waals surface area contributed by atoms with Crippen molar-refractivity contribution in [1.29, 1.82) is 0 Å². The van der Waals surface area contributed by atoms with Crippen molar-refractivity contribution in [1.82, 2.24) is 5.32 Å². The predicted octanol–water partition coefficient (Wildman–Crippen LogP) is 5.03. The zero-order valence-corrected chi connectivity index (χ0v) is 13.5. The second kappa shape index (κ2) is 12.7. The molecule has 0 fully saturated rings. The lowest BCUT2D eigenvalue weighted by Crippen LogP contribution is -2.30. The van der Waals surface area contributed by atoms with Gasteiger partial charge in [0.2, 0.25) is 0 Å². The van der Waals surface area contributed by atoms with Crippen LogP contribution in [0.1, 0.15) is 65.2 Å². The van der Waals surface area contributed by atoms with E-state index in [0.717, 1.165) is 50.8 Å². The van der Waals surface area contributed by atoms with Gasteiger partial charge in [0.1, 0.15) is 0 Å². The van der Waals surface area contributed by atoms with Crippen LogP contribution in [0.5, 0.6) is 0 Å². The Kier molecular flexibility index (Phi) is 11.9. The molecule has 1 atom stereocenters. The van der Waals surface area contributed by atoms with Gasteiger partial charge >= 0.3 is 0 Å². The van der Waals surface area contributed by atoms with Crippen LogP contribution in [0.4, 0.5) is 0 Å². The van der Waals surface area contributed by atoms with Gasteiger partial charge in [-0.2, -0.15) is 0 Å². The van der Waals surface area contributed by atoms with Gasteiger partial charge in [0.05, 0.1) is 0 Å². The lowest BCUT2D eigenvalue weighted by Gasteiger charge is -2.23. The van der Waals surface area contributed by atoms with Crippen molar-refractivity contribution in [3.05, 3.63) is 31.0 Å². The minimum Gasteiger partial charge on any atom is -0.382 e. The first-order valence-corrected chi connectivity index (χ1v) is 7.96. The van der Waals surface area contributed by atoms with Gasteiger partial charge in [-0.15, -0.1) is 0 Å². The molecule has 114 valence electrons. The lowest BCUT2D eigenvalue weighted by atomic mass is 9.98. The molecular formula is C18H32N2. The zero-order chi connectivity index (χ0) is 15.2. The van der Waals surface area contributed by atoms with E-state index >= 15 is 0 Å². The summed E-state index contributed by atoms with van der Waals surface area (Å²) in [4.78, 5) is 4.03. The number of unbranched alkanes of at least 4 members (excludes halogenated alkanes) is 2. The largest absolute Gasteiger partial charge is 0.382 e. The molecular weight excluding hydrogens is 244 g/mol. The Morgan fingerprint density at radius 3 is 2.45 bits per heavy atom. The maximum atomic E-state index is 4.24. The number of aliphatic imine (C=N–C) groups is 1. The monoisotopic (exact) mass is 276 g/mol. The average molecular weight is 276 g/mol. The standard InChI is InChI=1S/C18H32N2/c1-6-9-13-17(5)20-18(16(4)12-7-2)14-10-11-15-19-8-3/h18,20H,3-7,9-15H2,1-2H3. The normalized spacial score (nSPS) is 11.5. The Morgan fingerprint density at radius 2 is 1.85 bits per heavy atom. The summed E-state index contributed by atoms with van der Waals surface area (Å²) in [5.41, 5.74) is 2.45. The topological polar surface area (TPSA) is 24.4 Å². The Hall–Kier alpha value is -1.27. The van der Waals surface area contributed by atoms with Gasteiger partial charge in [0, 0.05) is 18.3 Å². The molecule has 0 aliphatic rings. The maximum Gasteiger partial charge on any atom is 0.0483 e. The van der Waals surface area contributed by atoms with Crippen molar-refractivity contribution in [2.45, 2.75) is 71.3 Å². The fraction of sp³-hybridized carbons (Fsp3) is 0.667. The van der Waals surface area contributed by atoms with E-state index in [1.807, 2.05) is 0 Å². The molecule has 0 saturated heterocycles. The quantitative estimate of drug-likeness (QED) is 0.285. The molecule has 0 amide bonds. The number of hydrogen-bond acceptors (Lipinski definition) is 2. The van der Waals surface area contributed by atoms with E-state index in [1.165, 1.54) is 18.4 Å². The van der Waals surface area contributed by atoms with Gasteiger partial charge in [0.25, 0.3) is 0 Å². The van der Waals surface area contributed by atoms with Crippen molar-refractivity contribution in [2.75, 3.05) is 6.54 Å². The Morgan fingerprint density at radius 1 is 1.10 bits per heavy atom. The third kappa shape index (κ3) is 9.63. The minimum atomic E-state index is 0.368. The van der Waals surface area contributed by atoms with Crippen LogP contribution in [0.2, 0.25) is 0 Å². The van der Waals surface area contributed by atoms with Gasteiger partial charge in [-0.3, -0.25) is 0 Å². The fourth-order valence-corrected chi connectivity index (χ4v) is 2.20. The molecule has 0 aromatic rings. The van der Waals surface area contributed by atoms with Crippen LogP contribution < -0.4 is 5.32 Å². The molecule has 0 aromatic carbocycles. The molecule has 0 saturated carbocycles. The first-order chi connectivity index (χ1) is 9.65. The molecule has 2 heteroatoms. The molecule has 0 aliphatic carbocycles. The van der Waals surface area contributed by atoms with Gasteiger partial charge in [-0.1, -0.05) is 45.4 Å². The third-order valence-electron chi connectivity index (χ3n) is 3.40. The number of rotatable bonds is 13. The van der Waals surface area contributed by atoms with Crippen molar-refractivity contribution in [3.63, 3.8) is 0 Å². The van der Waals surface area contributed by atoms with Crippen LogP contribution in [0.3, 0.4) is 0 Å². The van der Waals surface area contributed by atoms with Crippen LogP contribution >= 0.6 is 0 Å². The van der Waals surface area contributed by atoms with Gasteiger partial charge in [-0.05, 0) is 51.0 Å². The smallest absolute Gasteiger partial charge is 0.0483 e. The second-order valence-electron chi connectivity index (χ2n) is 5.35. The van der Waals surface area contributed by atoms with Crippen LogP contribution in [0.15, 0.2) is 36.0 Å². The molecule has 1 N–H and O–H groups in total. The molecule has 0 bridgehead atoms. The zero-order valence-electron chi connectivity index (χ0n) is 13.5. The molecule has 0 aliphatic heterocycles. The van der Waals surface area contributed by atoms with E-state index in [0.29, 0.717) is 6.04 Å². The third-order valence-corrected chi connectivity index (χ3v) is 3.40. The van der Waals surface area contributed by atoms with E-state index in [-0.39, 0.29) is 0 Å². The Labute approximate surface area is 125 Å². The summed E-state index contributed by atoms with van der Waals surface area (Å²) in [6.45, 7) is 17.1. The number of nitrogens with zero attached hydrogens (tertiary/aromatic N) is 1. The number of allylic oxidation sites excluding steroid dienone is 1. The lowest BCUT2D eigenvalue weighted by molar-refractivity contribution is 0.526. The summed E-state index contributed by atoms with van der Waals surface area (Å²) in [6, 6.07) is 0.368. The van der Waals surface area contributed by atoms with E-state index in [2.05, 4.69) is 49.8 Å². The summed E-state index contributed by atoms with van der Waals surface area (Å²) < 4.78 is 0. The van der Waals surface area contributed by atoms with E-state index in [9.17, 15) is 0 Å². The molecule has 0 aromatic heterocycles. The molecule has 1 unspecified atom stereocenters. The van der Waals surface area contributed by atoms with Crippen molar-refractivity contribution in [2.24, 2.45) is 4.99 Å². The molecule has 0 heterocycles. The first kappa shape index (κ1) is 18.7. The number of hydrogen-bond donors (Lipinski definition) is 1. The minimum absolute atomic E-state index is 0.368. The summed E-state index contributed by atoms with van der Waals surface area (Å²) in [7, 11) is 0. The molecule has 0 radical (unpaired) electrons. The van der Waals surface area contributed by atoms with Crippen molar-refractivity contribution in [3.8, 4) is 0 Å². The van der Waals surface area contributed by atoms with Crippen molar-refractivity contribution >= 4 is 5.87 Å². The summed E-state index contributed by atoms with van der Waals surface area (Å²) in [5.74, 6) is 2.58. The SMILES string of the molecule is C=C=NCCCCC(NC(=C)CCCC)C(=C)CCC. The second-order valence-corrected chi connectivity index (χ2v) is 5.35. The summed E-state index contributed by atoms with van der Waals surface area (Å²) in [6.07, 6.45) is 9.05. The van der Waals surface area contributed by atoms with Gasteiger partial charge < -0.3 is 5.32 Å². The summed E-state index contributed by atoms with van der Waals surface area (Å²) >= 11 is 0. The van der Waals surface area contributed by atoms with Crippen LogP contribution in [-0.4, -0.2) is 18.5 Å². The molecule has 0 spiro atoms. The maximum absolute atomic E-state index is 4.24. The Balaban J connectivity index is 4.22. The van der Waals surface area contributed by atoms with E-state index < -0.39 is 0 Å². The predicted molar refractivity (Wildman–Crippen MR) is 91.4 cm³/mol. The van der Waals surface area contributed by atoms with Crippen LogP contribution in [0.25, 0.3) is 0 Å². The van der Waals surface area contributed by atoms with Gasteiger partial charge in [-0.25, -0.2) is 4.99 Å². The molecule has 20 heavy (non-hydrogen) atoms. The number of nitrogens with one attached hydrogen (secondary N) is 1. The Bertz CT molecular complexity index is 324. The molecule has 0 rings (SSSR count). The average Bonchev–Trinajstić information content (AvgIpc) is 2.43. The highest BCUT2D eigenvalue weighted by Gasteiger charge is 2.12. The van der Waals surface area contributed by atoms with E-state index in [4.69, 9.17) is 0 Å². The first-order valence-electron chi connectivity index (χ1n) is 7.96. The fourth-order valence-electron chi connectivity index (χ4n) is 2.20.